The normalized spacial score (nSPS) is 10.9. The summed E-state index contributed by atoms with van der Waals surface area (Å²) in [6.45, 7) is 0. The predicted octanol–water partition coefficient (Wildman–Crippen LogP) is 1.91. The molecule has 0 amide bonds. The van der Waals surface area contributed by atoms with E-state index in [1.807, 2.05) is 29.9 Å². The Bertz CT molecular complexity index is 664. The molecule has 17 heavy (non-hydrogen) atoms. The van der Waals surface area contributed by atoms with E-state index in [-0.39, 0.29) is 0 Å². The van der Waals surface area contributed by atoms with Gasteiger partial charge in [0.05, 0.1) is 5.52 Å². The summed E-state index contributed by atoms with van der Waals surface area (Å²) in [5.41, 5.74) is 0.947. The number of fused-ring (bicyclic) bond motifs is 1. The van der Waals surface area contributed by atoms with Gasteiger partial charge in [-0.25, -0.2) is 9.97 Å². The second-order valence-electron chi connectivity index (χ2n) is 3.57. The lowest BCUT2D eigenvalue weighted by Crippen LogP contribution is -1.88. The standard InChI is InChI=1S/C11H9N5S/c1-16-7-14-15-11(16)17-9-2-3-10-8(4-9)5-12-6-13-10/h2-7H,1H3. The average molecular weight is 243 g/mol. The molecule has 3 rings (SSSR count). The predicted molar refractivity (Wildman–Crippen MR) is 64.7 cm³/mol. The molecule has 0 spiro atoms. The fourth-order valence-electron chi connectivity index (χ4n) is 1.50. The molecule has 0 unspecified atom stereocenters. The van der Waals surface area contributed by atoms with E-state index in [0.29, 0.717) is 0 Å². The summed E-state index contributed by atoms with van der Waals surface area (Å²) in [5.74, 6) is 0. The molecule has 2 heterocycles. The molecule has 0 aliphatic rings. The molecule has 0 saturated heterocycles. The number of nitrogens with zero attached hydrogens (tertiary/aromatic N) is 5. The van der Waals surface area contributed by atoms with Gasteiger partial charge in [0, 0.05) is 23.5 Å². The van der Waals surface area contributed by atoms with Crippen LogP contribution >= 0.6 is 11.8 Å². The Morgan fingerprint density at radius 2 is 2.24 bits per heavy atom. The van der Waals surface area contributed by atoms with Crippen LogP contribution in [0.2, 0.25) is 0 Å². The van der Waals surface area contributed by atoms with Crippen molar-refractivity contribution in [1.82, 2.24) is 24.7 Å². The van der Waals surface area contributed by atoms with E-state index in [9.17, 15) is 0 Å². The van der Waals surface area contributed by atoms with Crippen LogP contribution in [-0.4, -0.2) is 24.7 Å². The van der Waals surface area contributed by atoms with Crippen LogP contribution in [0, 0.1) is 0 Å². The zero-order valence-electron chi connectivity index (χ0n) is 9.11. The van der Waals surface area contributed by atoms with Crippen molar-refractivity contribution >= 4 is 22.7 Å². The smallest absolute Gasteiger partial charge is 0.195 e. The Labute approximate surface area is 102 Å². The molecule has 0 aliphatic heterocycles. The fourth-order valence-corrected chi connectivity index (χ4v) is 2.31. The maximum Gasteiger partial charge on any atom is 0.195 e. The van der Waals surface area contributed by atoms with E-state index in [1.165, 1.54) is 0 Å². The van der Waals surface area contributed by atoms with Crippen LogP contribution in [0.15, 0.2) is 47.1 Å². The number of hydrogen-bond acceptors (Lipinski definition) is 5. The van der Waals surface area contributed by atoms with Crippen LogP contribution in [0.25, 0.3) is 10.9 Å². The summed E-state index contributed by atoms with van der Waals surface area (Å²) >= 11 is 1.57. The zero-order valence-corrected chi connectivity index (χ0v) is 9.92. The van der Waals surface area contributed by atoms with Gasteiger partial charge in [0.2, 0.25) is 0 Å². The molecule has 2 aromatic heterocycles. The van der Waals surface area contributed by atoms with Gasteiger partial charge < -0.3 is 4.57 Å². The van der Waals surface area contributed by atoms with E-state index < -0.39 is 0 Å². The van der Waals surface area contributed by atoms with Gasteiger partial charge in [0.1, 0.15) is 12.7 Å². The Morgan fingerprint density at radius 1 is 1.29 bits per heavy atom. The summed E-state index contributed by atoms with van der Waals surface area (Å²) in [6, 6.07) is 6.05. The van der Waals surface area contributed by atoms with Gasteiger partial charge in [0.25, 0.3) is 0 Å². The molecule has 1 aromatic carbocycles. The van der Waals surface area contributed by atoms with Crippen molar-refractivity contribution in [3.8, 4) is 0 Å². The molecular weight excluding hydrogens is 234 g/mol. The van der Waals surface area contributed by atoms with E-state index in [1.54, 1.807) is 24.4 Å². The van der Waals surface area contributed by atoms with Crippen LogP contribution in [-0.2, 0) is 7.05 Å². The van der Waals surface area contributed by atoms with Gasteiger partial charge in [-0.3, -0.25) is 0 Å². The minimum Gasteiger partial charge on any atom is -0.311 e. The monoisotopic (exact) mass is 243 g/mol. The minimum absolute atomic E-state index is 0.862. The molecular formula is C11H9N5S. The molecule has 0 N–H and O–H groups in total. The highest BCUT2D eigenvalue weighted by Crippen LogP contribution is 2.27. The molecule has 84 valence electrons. The van der Waals surface area contributed by atoms with E-state index in [2.05, 4.69) is 26.2 Å². The lowest BCUT2D eigenvalue weighted by molar-refractivity contribution is 0.788. The highest BCUT2D eigenvalue weighted by atomic mass is 32.2. The van der Waals surface area contributed by atoms with E-state index in [0.717, 1.165) is 21.0 Å². The van der Waals surface area contributed by atoms with Crippen molar-refractivity contribution in [3.63, 3.8) is 0 Å². The van der Waals surface area contributed by atoms with Crippen LogP contribution in [0.3, 0.4) is 0 Å². The molecule has 3 aromatic rings. The van der Waals surface area contributed by atoms with Gasteiger partial charge in [-0.1, -0.05) is 0 Å². The maximum absolute atomic E-state index is 4.18. The molecule has 0 aliphatic carbocycles. The summed E-state index contributed by atoms with van der Waals surface area (Å²) in [4.78, 5) is 9.30. The molecule has 0 atom stereocenters. The Hall–Kier alpha value is -1.95. The Balaban J connectivity index is 1.99. The van der Waals surface area contributed by atoms with Gasteiger partial charge in [-0.2, -0.15) is 0 Å². The summed E-state index contributed by atoms with van der Waals surface area (Å²) in [7, 11) is 1.92. The minimum atomic E-state index is 0.862. The third-order valence-electron chi connectivity index (χ3n) is 2.36. The Kier molecular flexibility index (Phi) is 2.49. The van der Waals surface area contributed by atoms with E-state index in [4.69, 9.17) is 0 Å². The van der Waals surface area contributed by atoms with Crippen LogP contribution in [0.1, 0.15) is 0 Å². The van der Waals surface area contributed by atoms with Crippen LogP contribution in [0.5, 0.6) is 0 Å². The topological polar surface area (TPSA) is 56.5 Å². The first-order valence-corrected chi connectivity index (χ1v) is 5.86. The highest BCUT2D eigenvalue weighted by Gasteiger charge is 2.04. The van der Waals surface area contributed by atoms with Crippen LogP contribution < -0.4 is 0 Å². The van der Waals surface area contributed by atoms with Gasteiger partial charge in [0.15, 0.2) is 5.16 Å². The summed E-state index contributed by atoms with van der Waals surface area (Å²) in [5, 5.41) is 9.77. The third kappa shape index (κ3) is 1.99. The molecule has 6 heteroatoms. The first-order valence-electron chi connectivity index (χ1n) is 5.04. The molecule has 0 fully saturated rings. The lowest BCUT2D eigenvalue weighted by Gasteiger charge is -2.01. The van der Waals surface area contributed by atoms with Gasteiger partial charge >= 0.3 is 0 Å². The van der Waals surface area contributed by atoms with Crippen molar-refractivity contribution in [2.75, 3.05) is 0 Å². The van der Waals surface area contributed by atoms with Crippen molar-refractivity contribution < 1.29 is 0 Å². The average Bonchev–Trinajstić information content (AvgIpc) is 2.75. The molecule has 0 bridgehead atoms. The van der Waals surface area contributed by atoms with Crippen molar-refractivity contribution in [2.45, 2.75) is 10.1 Å². The number of hydrogen-bond donors (Lipinski definition) is 0. The number of aromatic nitrogens is 5. The molecule has 0 saturated carbocycles. The number of benzene rings is 1. The quantitative estimate of drug-likeness (QED) is 0.688. The molecule has 5 nitrogen and oxygen atoms in total. The second kappa shape index (κ2) is 4.14. The first-order chi connectivity index (χ1) is 8.33. The van der Waals surface area contributed by atoms with Crippen molar-refractivity contribution in [1.29, 1.82) is 0 Å². The number of rotatable bonds is 2. The zero-order chi connectivity index (χ0) is 11.7. The van der Waals surface area contributed by atoms with Gasteiger partial charge in [-0.05, 0) is 30.0 Å². The first kappa shape index (κ1) is 10.2. The maximum atomic E-state index is 4.18. The molecule has 0 radical (unpaired) electrons. The Morgan fingerprint density at radius 3 is 3.06 bits per heavy atom. The van der Waals surface area contributed by atoms with Crippen molar-refractivity contribution in [3.05, 3.63) is 37.1 Å². The van der Waals surface area contributed by atoms with Gasteiger partial charge in [-0.15, -0.1) is 10.2 Å². The second-order valence-corrected chi connectivity index (χ2v) is 4.61. The third-order valence-corrected chi connectivity index (χ3v) is 3.40. The summed E-state index contributed by atoms with van der Waals surface area (Å²) in [6.07, 6.45) is 5.05. The lowest BCUT2D eigenvalue weighted by atomic mass is 10.2. The summed E-state index contributed by atoms with van der Waals surface area (Å²) < 4.78 is 1.89. The SMILES string of the molecule is Cn1cnnc1Sc1ccc2ncncc2c1. The van der Waals surface area contributed by atoms with E-state index >= 15 is 0 Å². The largest absolute Gasteiger partial charge is 0.311 e. The van der Waals surface area contributed by atoms with Crippen molar-refractivity contribution in [2.24, 2.45) is 7.05 Å². The number of aryl methyl sites for hydroxylation is 1. The van der Waals surface area contributed by atoms with Crippen LogP contribution in [0.4, 0.5) is 0 Å². The fraction of sp³-hybridized carbons (Fsp3) is 0.0909. The highest BCUT2D eigenvalue weighted by molar-refractivity contribution is 7.99.